The number of hydrogen-bond donors (Lipinski definition) is 2. The molecule has 0 amide bonds. The summed E-state index contributed by atoms with van der Waals surface area (Å²) in [6.45, 7) is 7.15. The van der Waals surface area contributed by atoms with E-state index >= 15 is 0 Å². The lowest BCUT2D eigenvalue weighted by Gasteiger charge is -2.12. The Morgan fingerprint density at radius 1 is 1.23 bits per heavy atom. The van der Waals surface area contributed by atoms with E-state index in [9.17, 15) is 8.42 Å². The van der Waals surface area contributed by atoms with Gasteiger partial charge in [0.2, 0.25) is 0 Å². The van der Waals surface area contributed by atoms with E-state index in [1.807, 2.05) is 37.3 Å². The third kappa shape index (κ3) is 12.1. The van der Waals surface area contributed by atoms with Gasteiger partial charge in [-0.05, 0) is 31.7 Å². The Balaban J connectivity index is 0.00000450. The maximum Gasteiger partial charge on any atom is 0.191 e. The van der Waals surface area contributed by atoms with Crippen LogP contribution in [0.1, 0.15) is 31.7 Å². The Morgan fingerprint density at radius 3 is 2.73 bits per heavy atom. The highest BCUT2D eigenvalue weighted by Gasteiger charge is 2.15. The van der Waals surface area contributed by atoms with Crippen LogP contribution in [0.5, 0.6) is 0 Å². The normalized spacial score (nSPS) is 16.8. The molecule has 1 unspecified atom stereocenters. The van der Waals surface area contributed by atoms with E-state index in [1.165, 1.54) is 0 Å². The number of hydrogen-bond acceptors (Lipinski definition) is 5. The molecule has 1 heterocycles. The average Bonchev–Trinajstić information content (AvgIpc) is 3.21. The zero-order valence-electron chi connectivity index (χ0n) is 17.8. The third-order valence-corrected chi connectivity index (χ3v) is 6.28. The lowest BCUT2D eigenvalue weighted by molar-refractivity contribution is 0.0888. The molecule has 0 bridgehead atoms. The van der Waals surface area contributed by atoms with Crippen LogP contribution in [0.3, 0.4) is 0 Å². The molecule has 0 saturated carbocycles. The van der Waals surface area contributed by atoms with Crippen molar-refractivity contribution in [3.63, 3.8) is 0 Å². The van der Waals surface area contributed by atoms with Crippen LogP contribution in [-0.2, 0) is 25.1 Å². The number of nitrogens with zero attached hydrogens (tertiary/aromatic N) is 1. The summed E-state index contributed by atoms with van der Waals surface area (Å²) >= 11 is 0. The fourth-order valence-electron chi connectivity index (χ4n) is 3.06. The Morgan fingerprint density at radius 2 is 2.03 bits per heavy atom. The Bertz CT molecular complexity index is 695. The van der Waals surface area contributed by atoms with Crippen molar-refractivity contribution in [3.05, 3.63) is 35.9 Å². The molecular formula is C21H36IN3O4S. The van der Waals surface area contributed by atoms with Gasteiger partial charge >= 0.3 is 0 Å². The highest BCUT2D eigenvalue weighted by Crippen LogP contribution is 2.12. The number of guanidine groups is 1. The van der Waals surface area contributed by atoms with Crippen molar-refractivity contribution in [1.29, 1.82) is 0 Å². The Labute approximate surface area is 198 Å². The first kappa shape index (κ1) is 27.1. The summed E-state index contributed by atoms with van der Waals surface area (Å²) in [5, 5.41) is 6.46. The SMILES string of the molecule is CCNC(=NCCCS(=O)(=O)Cc1ccccc1)NCCCOCC1CCOC1.I. The van der Waals surface area contributed by atoms with E-state index in [0.717, 1.165) is 57.3 Å². The summed E-state index contributed by atoms with van der Waals surface area (Å²) in [6, 6.07) is 9.29. The molecule has 0 aromatic heterocycles. The second-order valence-corrected chi connectivity index (χ2v) is 9.46. The van der Waals surface area contributed by atoms with Gasteiger partial charge in [-0.1, -0.05) is 30.3 Å². The predicted molar refractivity (Wildman–Crippen MR) is 132 cm³/mol. The molecule has 1 aliphatic rings. The molecule has 0 aliphatic carbocycles. The number of halogens is 1. The molecule has 7 nitrogen and oxygen atoms in total. The Kier molecular flexibility index (Phi) is 14.3. The maximum atomic E-state index is 12.2. The number of aliphatic imine (C=N–C) groups is 1. The summed E-state index contributed by atoms with van der Waals surface area (Å²) in [6.07, 6.45) is 2.50. The van der Waals surface area contributed by atoms with Gasteiger partial charge in [0.1, 0.15) is 0 Å². The van der Waals surface area contributed by atoms with Crippen LogP contribution in [0.4, 0.5) is 0 Å². The number of nitrogens with one attached hydrogen (secondary N) is 2. The van der Waals surface area contributed by atoms with Crippen molar-refractivity contribution in [2.24, 2.45) is 10.9 Å². The van der Waals surface area contributed by atoms with Crippen LogP contribution in [0.15, 0.2) is 35.3 Å². The van der Waals surface area contributed by atoms with Gasteiger partial charge in [0.15, 0.2) is 15.8 Å². The van der Waals surface area contributed by atoms with E-state index in [2.05, 4.69) is 15.6 Å². The molecule has 1 saturated heterocycles. The van der Waals surface area contributed by atoms with Gasteiger partial charge in [-0.2, -0.15) is 0 Å². The standard InChI is InChI=1S/C21H35N3O4S.HI/c1-2-22-21(23-11-6-13-27-16-20-10-14-28-17-20)24-12-7-15-29(25,26)18-19-8-4-3-5-9-19;/h3-5,8-9,20H,2,6-7,10-18H2,1H3,(H2,22,23,24);1H. The molecule has 1 aromatic carbocycles. The number of sulfone groups is 1. The van der Waals surface area contributed by atoms with E-state index in [1.54, 1.807) is 0 Å². The van der Waals surface area contributed by atoms with Crippen LogP contribution < -0.4 is 10.6 Å². The molecule has 0 radical (unpaired) electrons. The minimum absolute atomic E-state index is 0. The van der Waals surface area contributed by atoms with Crippen molar-refractivity contribution in [1.82, 2.24) is 10.6 Å². The fraction of sp³-hybridized carbons (Fsp3) is 0.667. The summed E-state index contributed by atoms with van der Waals surface area (Å²) in [5.41, 5.74) is 0.827. The minimum Gasteiger partial charge on any atom is -0.381 e. The fourth-order valence-corrected chi connectivity index (χ4v) is 4.48. The predicted octanol–water partition coefficient (Wildman–Crippen LogP) is 2.61. The van der Waals surface area contributed by atoms with Gasteiger partial charge < -0.3 is 20.1 Å². The molecule has 9 heteroatoms. The molecule has 1 aromatic rings. The smallest absolute Gasteiger partial charge is 0.191 e. The van der Waals surface area contributed by atoms with Crippen LogP contribution >= 0.6 is 24.0 Å². The first-order chi connectivity index (χ1) is 14.1. The van der Waals surface area contributed by atoms with Crippen LogP contribution in [0.25, 0.3) is 0 Å². The summed E-state index contributed by atoms with van der Waals surface area (Å²) in [7, 11) is -3.11. The lowest BCUT2D eigenvalue weighted by Crippen LogP contribution is -2.38. The van der Waals surface area contributed by atoms with Crippen molar-refractivity contribution < 1.29 is 17.9 Å². The molecule has 2 rings (SSSR count). The molecule has 30 heavy (non-hydrogen) atoms. The molecule has 0 spiro atoms. The van der Waals surface area contributed by atoms with E-state index in [0.29, 0.717) is 25.5 Å². The van der Waals surface area contributed by atoms with E-state index in [4.69, 9.17) is 9.47 Å². The van der Waals surface area contributed by atoms with Crippen LogP contribution in [0.2, 0.25) is 0 Å². The zero-order chi connectivity index (χ0) is 20.8. The molecule has 1 atom stereocenters. The highest BCUT2D eigenvalue weighted by molar-refractivity contribution is 14.0. The summed E-state index contributed by atoms with van der Waals surface area (Å²) < 4.78 is 35.5. The second-order valence-electron chi connectivity index (χ2n) is 7.28. The zero-order valence-corrected chi connectivity index (χ0v) is 21.0. The molecule has 2 N–H and O–H groups in total. The van der Waals surface area contributed by atoms with Gasteiger partial charge in [-0.25, -0.2) is 8.42 Å². The van der Waals surface area contributed by atoms with Crippen molar-refractivity contribution in [3.8, 4) is 0 Å². The van der Waals surface area contributed by atoms with E-state index < -0.39 is 9.84 Å². The lowest BCUT2D eigenvalue weighted by atomic mass is 10.1. The van der Waals surface area contributed by atoms with Crippen molar-refractivity contribution in [2.75, 3.05) is 51.8 Å². The summed E-state index contributed by atoms with van der Waals surface area (Å²) in [4.78, 5) is 4.48. The molecule has 1 fully saturated rings. The summed E-state index contributed by atoms with van der Waals surface area (Å²) in [5.74, 6) is 1.49. The second kappa shape index (κ2) is 15.8. The number of ether oxygens (including phenoxy) is 2. The largest absolute Gasteiger partial charge is 0.381 e. The van der Waals surface area contributed by atoms with Gasteiger partial charge in [-0.3, -0.25) is 4.99 Å². The average molecular weight is 554 g/mol. The first-order valence-electron chi connectivity index (χ1n) is 10.5. The van der Waals surface area contributed by atoms with Crippen molar-refractivity contribution in [2.45, 2.75) is 31.9 Å². The quantitative estimate of drug-likeness (QED) is 0.169. The van der Waals surface area contributed by atoms with Gasteiger partial charge in [0, 0.05) is 38.8 Å². The highest BCUT2D eigenvalue weighted by atomic mass is 127. The minimum atomic E-state index is -3.11. The molecular weight excluding hydrogens is 517 g/mol. The van der Waals surface area contributed by atoms with Gasteiger partial charge in [0.05, 0.1) is 24.7 Å². The third-order valence-electron chi connectivity index (χ3n) is 4.59. The van der Waals surface area contributed by atoms with Gasteiger partial charge in [-0.15, -0.1) is 24.0 Å². The van der Waals surface area contributed by atoms with Crippen LogP contribution in [0, 0.1) is 5.92 Å². The Hall–Kier alpha value is -0.910. The number of rotatable bonds is 13. The molecule has 172 valence electrons. The monoisotopic (exact) mass is 553 g/mol. The topological polar surface area (TPSA) is 89.0 Å². The van der Waals surface area contributed by atoms with Gasteiger partial charge in [0.25, 0.3) is 0 Å². The molecule has 1 aliphatic heterocycles. The van der Waals surface area contributed by atoms with Crippen LogP contribution in [-0.4, -0.2) is 66.2 Å². The number of benzene rings is 1. The maximum absolute atomic E-state index is 12.2. The van der Waals surface area contributed by atoms with E-state index in [-0.39, 0.29) is 35.5 Å². The van der Waals surface area contributed by atoms with Crippen molar-refractivity contribution >= 4 is 39.8 Å². The first-order valence-corrected chi connectivity index (χ1v) is 12.3.